The highest BCUT2D eigenvalue weighted by molar-refractivity contribution is 7.91. The van der Waals surface area contributed by atoms with Crippen LogP contribution in [0.4, 0.5) is 0 Å². The van der Waals surface area contributed by atoms with E-state index in [1.54, 1.807) is 6.92 Å². The smallest absolute Gasteiger partial charge is 0.243 e. The van der Waals surface area contributed by atoms with Crippen molar-refractivity contribution in [1.82, 2.24) is 9.62 Å². The predicted octanol–water partition coefficient (Wildman–Crippen LogP) is 1.27. The standard InChI is InChI=1S/C14H22N2O4S2.ClH/c1-3-21(17,18)13-7-4-8-14(10-13)22(19,20)16-9-5-6-12(11-16)15-2;/h4,7-8,10,12,15H,3,5-6,9,11H2,1-2H3;1H. The molecule has 0 aliphatic carbocycles. The maximum atomic E-state index is 12.7. The molecule has 1 aliphatic rings. The van der Waals surface area contributed by atoms with Crippen molar-refractivity contribution in [1.29, 1.82) is 0 Å². The van der Waals surface area contributed by atoms with Crippen molar-refractivity contribution in [2.45, 2.75) is 35.6 Å². The Morgan fingerprint density at radius 3 is 2.48 bits per heavy atom. The summed E-state index contributed by atoms with van der Waals surface area (Å²) in [7, 11) is -5.27. The highest BCUT2D eigenvalue weighted by Crippen LogP contribution is 2.23. The summed E-state index contributed by atoms with van der Waals surface area (Å²) in [5.41, 5.74) is 0. The molecule has 1 aromatic carbocycles. The molecule has 1 heterocycles. The Bertz CT molecular complexity index is 735. The number of hydrogen-bond donors (Lipinski definition) is 1. The lowest BCUT2D eigenvalue weighted by Gasteiger charge is -2.31. The van der Waals surface area contributed by atoms with Crippen molar-refractivity contribution in [2.75, 3.05) is 25.9 Å². The molecule has 132 valence electrons. The third kappa shape index (κ3) is 4.45. The molecule has 0 radical (unpaired) electrons. The minimum atomic E-state index is -3.67. The lowest BCUT2D eigenvalue weighted by atomic mass is 10.1. The highest BCUT2D eigenvalue weighted by Gasteiger charge is 2.30. The number of benzene rings is 1. The number of halogens is 1. The molecular formula is C14H23ClN2O4S2. The first-order valence-corrected chi connectivity index (χ1v) is 10.4. The second-order valence-corrected chi connectivity index (χ2v) is 9.59. The molecule has 0 bridgehead atoms. The fourth-order valence-electron chi connectivity index (χ4n) is 2.54. The second-order valence-electron chi connectivity index (χ2n) is 5.37. The van der Waals surface area contributed by atoms with Crippen molar-refractivity contribution in [3.63, 3.8) is 0 Å². The van der Waals surface area contributed by atoms with Gasteiger partial charge in [0, 0.05) is 19.1 Å². The SMILES string of the molecule is CCS(=O)(=O)c1cccc(S(=O)(=O)N2CCCC(NC)C2)c1.Cl. The van der Waals surface area contributed by atoms with Crippen LogP contribution in [0.5, 0.6) is 0 Å². The summed E-state index contributed by atoms with van der Waals surface area (Å²) in [5.74, 6) is -0.0535. The molecule has 0 saturated carbocycles. The van der Waals surface area contributed by atoms with Gasteiger partial charge in [0.15, 0.2) is 9.84 Å². The van der Waals surface area contributed by atoms with Crippen molar-refractivity contribution >= 4 is 32.3 Å². The number of piperidine rings is 1. The molecule has 0 spiro atoms. The maximum absolute atomic E-state index is 12.7. The molecule has 9 heteroatoms. The van der Waals surface area contributed by atoms with Crippen LogP contribution in [0.3, 0.4) is 0 Å². The van der Waals surface area contributed by atoms with E-state index in [0.717, 1.165) is 12.8 Å². The van der Waals surface area contributed by atoms with Crippen LogP contribution in [0, 0.1) is 0 Å². The monoisotopic (exact) mass is 382 g/mol. The van der Waals surface area contributed by atoms with Crippen LogP contribution < -0.4 is 5.32 Å². The van der Waals surface area contributed by atoms with E-state index in [1.165, 1.54) is 28.6 Å². The number of sulfonamides is 1. The number of sulfone groups is 1. The third-order valence-corrected chi connectivity index (χ3v) is 7.57. The Balaban J connectivity index is 0.00000264. The van der Waals surface area contributed by atoms with Crippen LogP contribution in [0.15, 0.2) is 34.1 Å². The summed E-state index contributed by atoms with van der Waals surface area (Å²) < 4.78 is 50.7. The molecule has 0 aromatic heterocycles. The summed E-state index contributed by atoms with van der Waals surface area (Å²) in [5, 5.41) is 3.10. The molecule has 1 N–H and O–H groups in total. The molecule has 1 aliphatic heterocycles. The summed E-state index contributed by atoms with van der Waals surface area (Å²) >= 11 is 0. The largest absolute Gasteiger partial charge is 0.316 e. The Kier molecular flexibility index (Phi) is 7.03. The molecular weight excluding hydrogens is 360 g/mol. The Labute approximate surface area is 144 Å². The van der Waals surface area contributed by atoms with E-state index in [4.69, 9.17) is 0 Å². The zero-order valence-electron chi connectivity index (χ0n) is 13.2. The van der Waals surface area contributed by atoms with Crippen molar-refractivity contribution in [3.8, 4) is 0 Å². The molecule has 23 heavy (non-hydrogen) atoms. The predicted molar refractivity (Wildman–Crippen MR) is 92.3 cm³/mol. The Morgan fingerprint density at radius 2 is 1.87 bits per heavy atom. The van der Waals surface area contributed by atoms with Gasteiger partial charge in [0.2, 0.25) is 10.0 Å². The first-order valence-electron chi connectivity index (χ1n) is 7.31. The third-order valence-electron chi connectivity index (χ3n) is 3.97. The van der Waals surface area contributed by atoms with Gasteiger partial charge >= 0.3 is 0 Å². The Hall–Kier alpha value is -0.670. The average molecular weight is 383 g/mol. The summed E-state index contributed by atoms with van der Waals surface area (Å²) in [6.45, 7) is 2.41. The van der Waals surface area contributed by atoms with Crippen molar-refractivity contribution < 1.29 is 16.8 Å². The van der Waals surface area contributed by atoms with Gasteiger partial charge in [0.05, 0.1) is 15.5 Å². The van der Waals surface area contributed by atoms with E-state index in [2.05, 4.69) is 5.32 Å². The lowest BCUT2D eigenvalue weighted by molar-refractivity contribution is 0.293. The van der Waals surface area contributed by atoms with Gasteiger partial charge in [-0.3, -0.25) is 0 Å². The van der Waals surface area contributed by atoms with Crippen molar-refractivity contribution in [2.24, 2.45) is 0 Å². The summed E-state index contributed by atoms with van der Waals surface area (Å²) in [4.78, 5) is 0.0945. The van der Waals surface area contributed by atoms with E-state index in [9.17, 15) is 16.8 Å². The van der Waals surface area contributed by atoms with Crippen LogP contribution in [0.1, 0.15) is 19.8 Å². The van der Waals surface area contributed by atoms with Gasteiger partial charge in [-0.2, -0.15) is 4.31 Å². The summed E-state index contributed by atoms with van der Waals surface area (Å²) in [6.07, 6.45) is 1.73. The molecule has 0 amide bonds. The minimum Gasteiger partial charge on any atom is -0.316 e. The minimum absolute atomic E-state index is 0. The fraction of sp³-hybridized carbons (Fsp3) is 0.571. The average Bonchev–Trinajstić information content (AvgIpc) is 2.55. The molecule has 6 nitrogen and oxygen atoms in total. The quantitative estimate of drug-likeness (QED) is 0.829. The van der Waals surface area contributed by atoms with E-state index in [1.807, 2.05) is 7.05 Å². The molecule has 1 unspecified atom stereocenters. The zero-order valence-corrected chi connectivity index (χ0v) is 15.7. The molecule has 1 saturated heterocycles. The molecule has 1 fully saturated rings. The highest BCUT2D eigenvalue weighted by atomic mass is 35.5. The normalized spacial score (nSPS) is 20.0. The Morgan fingerprint density at radius 1 is 1.22 bits per heavy atom. The first-order chi connectivity index (χ1) is 10.3. The van der Waals surface area contributed by atoms with E-state index < -0.39 is 19.9 Å². The second kappa shape index (κ2) is 7.94. The van der Waals surface area contributed by atoms with E-state index in [-0.39, 0.29) is 34.0 Å². The molecule has 2 rings (SSSR count). The first kappa shape index (κ1) is 20.4. The van der Waals surface area contributed by atoms with Gasteiger partial charge in [-0.15, -0.1) is 12.4 Å². The van der Waals surface area contributed by atoms with Crippen LogP contribution >= 0.6 is 12.4 Å². The number of nitrogens with one attached hydrogen (secondary N) is 1. The zero-order chi connectivity index (χ0) is 16.4. The topological polar surface area (TPSA) is 83.5 Å². The van der Waals surface area contributed by atoms with Crippen LogP contribution in [0.2, 0.25) is 0 Å². The lowest BCUT2D eigenvalue weighted by Crippen LogP contribution is -2.46. The van der Waals surface area contributed by atoms with Gasteiger partial charge in [0.1, 0.15) is 0 Å². The van der Waals surface area contributed by atoms with Crippen LogP contribution in [-0.2, 0) is 19.9 Å². The van der Waals surface area contributed by atoms with Crippen LogP contribution in [-0.4, -0.2) is 53.1 Å². The number of nitrogens with zero attached hydrogens (tertiary/aromatic N) is 1. The van der Waals surface area contributed by atoms with Crippen LogP contribution in [0.25, 0.3) is 0 Å². The number of rotatable bonds is 5. The fourth-order valence-corrected chi connectivity index (χ4v) is 5.11. The van der Waals surface area contributed by atoms with Gasteiger partial charge in [-0.1, -0.05) is 13.0 Å². The van der Waals surface area contributed by atoms with Crippen molar-refractivity contribution in [3.05, 3.63) is 24.3 Å². The number of hydrogen-bond acceptors (Lipinski definition) is 5. The van der Waals surface area contributed by atoms with E-state index >= 15 is 0 Å². The van der Waals surface area contributed by atoms with Gasteiger partial charge in [-0.05, 0) is 38.1 Å². The van der Waals surface area contributed by atoms with E-state index in [0.29, 0.717) is 13.1 Å². The molecule has 1 atom stereocenters. The number of likely N-dealkylation sites (N-methyl/N-ethyl adjacent to an activating group) is 1. The van der Waals surface area contributed by atoms with Gasteiger partial charge in [0.25, 0.3) is 0 Å². The summed E-state index contributed by atoms with van der Waals surface area (Å²) in [6, 6.07) is 5.76. The maximum Gasteiger partial charge on any atom is 0.243 e. The van der Waals surface area contributed by atoms with Gasteiger partial charge < -0.3 is 5.32 Å². The molecule has 1 aromatic rings. The van der Waals surface area contributed by atoms with Gasteiger partial charge in [-0.25, -0.2) is 16.8 Å².